The second-order valence-electron chi connectivity index (χ2n) is 4.44. The van der Waals surface area contributed by atoms with Crippen LogP contribution in [-0.4, -0.2) is 17.1 Å². The van der Waals surface area contributed by atoms with Gasteiger partial charge < -0.3 is 15.7 Å². The van der Waals surface area contributed by atoms with Crippen molar-refractivity contribution in [2.45, 2.75) is 6.92 Å². The normalized spacial score (nSPS) is 10.0. The highest BCUT2D eigenvalue weighted by atomic mass is 19.1. The van der Waals surface area contributed by atoms with E-state index in [4.69, 9.17) is 5.11 Å². The zero-order valence-electron chi connectivity index (χ0n) is 11.2. The molecule has 2 aromatic carbocycles. The van der Waals surface area contributed by atoms with Crippen LogP contribution in [0.1, 0.15) is 15.9 Å². The number of hydrogen-bond donors (Lipinski definition) is 3. The Labute approximate surface area is 120 Å². The number of nitrogens with one attached hydrogen (secondary N) is 2. The lowest BCUT2D eigenvalue weighted by Gasteiger charge is -2.10. The predicted molar refractivity (Wildman–Crippen MR) is 77.2 cm³/mol. The molecule has 0 aliphatic heterocycles. The summed E-state index contributed by atoms with van der Waals surface area (Å²) in [6.45, 7) is 1.91. The summed E-state index contributed by atoms with van der Waals surface area (Å²) >= 11 is 0. The van der Waals surface area contributed by atoms with Crippen molar-refractivity contribution in [3.05, 3.63) is 59.4 Å². The van der Waals surface area contributed by atoms with Crippen LogP contribution in [0, 0.1) is 12.7 Å². The molecule has 0 spiro atoms. The molecular weight excluding hydrogens is 275 g/mol. The summed E-state index contributed by atoms with van der Waals surface area (Å²) < 4.78 is 13.2. The Morgan fingerprint density at radius 1 is 1.05 bits per heavy atom. The van der Waals surface area contributed by atoms with Crippen molar-refractivity contribution >= 4 is 23.4 Å². The van der Waals surface area contributed by atoms with Gasteiger partial charge in [-0.2, -0.15) is 0 Å². The van der Waals surface area contributed by atoms with Crippen molar-refractivity contribution < 1.29 is 19.1 Å². The van der Waals surface area contributed by atoms with Gasteiger partial charge in [0.15, 0.2) is 0 Å². The van der Waals surface area contributed by atoms with E-state index in [2.05, 4.69) is 10.6 Å². The Balaban J connectivity index is 2.14. The lowest BCUT2D eigenvalue weighted by molar-refractivity contribution is 0.0698. The van der Waals surface area contributed by atoms with Crippen LogP contribution in [0.5, 0.6) is 0 Å². The van der Waals surface area contributed by atoms with Gasteiger partial charge in [0.2, 0.25) is 0 Å². The van der Waals surface area contributed by atoms with E-state index in [9.17, 15) is 14.0 Å². The molecule has 2 rings (SSSR count). The molecule has 0 atom stereocenters. The Hall–Kier alpha value is -2.89. The second-order valence-corrected chi connectivity index (χ2v) is 4.44. The van der Waals surface area contributed by atoms with Crippen molar-refractivity contribution in [2.24, 2.45) is 0 Å². The van der Waals surface area contributed by atoms with Gasteiger partial charge in [-0.05, 0) is 37.3 Å². The zero-order valence-corrected chi connectivity index (χ0v) is 11.2. The van der Waals surface area contributed by atoms with Gasteiger partial charge in [0.25, 0.3) is 0 Å². The predicted octanol–water partition coefficient (Wildman–Crippen LogP) is 3.48. The molecule has 0 aromatic heterocycles. The number of carboxylic acids is 1. The maximum absolute atomic E-state index is 13.2. The fourth-order valence-electron chi connectivity index (χ4n) is 1.73. The molecule has 0 fully saturated rings. The van der Waals surface area contributed by atoms with Crippen LogP contribution in [0.15, 0.2) is 42.5 Å². The first-order valence-electron chi connectivity index (χ1n) is 6.13. The third kappa shape index (κ3) is 3.79. The summed E-state index contributed by atoms with van der Waals surface area (Å²) in [6, 6.07) is 9.48. The smallest absolute Gasteiger partial charge is 0.337 e. The van der Waals surface area contributed by atoms with Gasteiger partial charge in [-0.1, -0.05) is 17.7 Å². The maximum Gasteiger partial charge on any atom is 0.337 e. The van der Waals surface area contributed by atoms with Crippen molar-refractivity contribution in [1.82, 2.24) is 0 Å². The minimum Gasteiger partial charge on any atom is -0.478 e. The van der Waals surface area contributed by atoms with Gasteiger partial charge in [-0.25, -0.2) is 14.0 Å². The molecule has 3 N–H and O–H groups in total. The summed E-state index contributed by atoms with van der Waals surface area (Å²) in [5.74, 6) is -1.88. The van der Waals surface area contributed by atoms with Crippen LogP contribution in [-0.2, 0) is 0 Å². The van der Waals surface area contributed by atoms with Gasteiger partial charge in [-0.3, -0.25) is 0 Å². The number of rotatable bonds is 3. The first-order chi connectivity index (χ1) is 9.95. The first-order valence-corrected chi connectivity index (χ1v) is 6.13. The number of benzene rings is 2. The minimum atomic E-state index is -1.25. The number of halogens is 1. The highest BCUT2D eigenvalue weighted by Gasteiger charge is 2.13. The average molecular weight is 288 g/mol. The SMILES string of the molecule is Cc1ccc(NC(=O)Nc2cc(F)ccc2C(=O)O)cc1. The van der Waals surface area contributed by atoms with E-state index in [1.54, 1.807) is 12.1 Å². The lowest BCUT2D eigenvalue weighted by Crippen LogP contribution is -2.21. The second kappa shape index (κ2) is 6.04. The van der Waals surface area contributed by atoms with Gasteiger partial charge in [0.1, 0.15) is 5.82 Å². The molecule has 108 valence electrons. The molecule has 0 bridgehead atoms. The fraction of sp³-hybridized carbons (Fsp3) is 0.0667. The van der Waals surface area contributed by atoms with Gasteiger partial charge in [0.05, 0.1) is 11.3 Å². The number of aryl methyl sites for hydroxylation is 1. The molecule has 0 aliphatic rings. The number of carboxylic acid groups (broad SMARTS) is 1. The Morgan fingerprint density at radius 2 is 1.71 bits per heavy atom. The molecule has 0 radical (unpaired) electrons. The summed E-state index contributed by atoms with van der Waals surface area (Å²) in [5, 5.41) is 13.9. The van der Waals surface area contributed by atoms with E-state index in [0.29, 0.717) is 5.69 Å². The molecule has 5 nitrogen and oxygen atoms in total. The summed E-state index contributed by atoms with van der Waals surface area (Å²) in [7, 11) is 0. The number of anilines is 2. The molecule has 21 heavy (non-hydrogen) atoms. The topological polar surface area (TPSA) is 78.4 Å². The fourth-order valence-corrected chi connectivity index (χ4v) is 1.73. The summed E-state index contributed by atoms with van der Waals surface area (Å²) in [4.78, 5) is 22.8. The number of hydrogen-bond acceptors (Lipinski definition) is 2. The van der Waals surface area contributed by atoms with Crippen molar-refractivity contribution in [3.63, 3.8) is 0 Å². The molecule has 0 saturated heterocycles. The Kier molecular flexibility index (Phi) is 4.18. The third-order valence-electron chi connectivity index (χ3n) is 2.77. The zero-order chi connectivity index (χ0) is 15.4. The molecule has 0 aliphatic carbocycles. The molecule has 2 amide bonds. The van der Waals surface area contributed by atoms with Crippen LogP contribution in [0.4, 0.5) is 20.6 Å². The van der Waals surface area contributed by atoms with Gasteiger partial charge in [-0.15, -0.1) is 0 Å². The van der Waals surface area contributed by atoms with Crippen molar-refractivity contribution in [3.8, 4) is 0 Å². The van der Waals surface area contributed by atoms with E-state index in [0.717, 1.165) is 23.8 Å². The van der Waals surface area contributed by atoms with E-state index in [1.165, 1.54) is 0 Å². The minimum absolute atomic E-state index is 0.105. The van der Waals surface area contributed by atoms with Gasteiger partial charge >= 0.3 is 12.0 Å². The van der Waals surface area contributed by atoms with Crippen LogP contribution in [0.2, 0.25) is 0 Å². The van der Waals surface area contributed by atoms with Crippen LogP contribution in [0.3, 0.4) is 0 Å². The summed E-state index contributed by atoms with van der Waals surface area (Å²) in [6.07, 6.45) is 0. The number of carbonyl (C=O) groups is 2. The highest BCUT2D eigenvalue weighted by Crippen LogP contribution is 2.18. The quantitative estimate of drug-likeness (QED) is 0.809. The molecular formula is C15H13FN2O3. The van der Waals surface area contributed by atoms with E-state index >= 15 is 0 Å². The maximum atomic E-state index is 13.2. The number of amides is 2. The number of urea groups is 1. The standard InChI is InChI=1S/C15H13FN2O3/c1-9-2-5-11(6-3-9)17-15(21)18-13-8-10(16)4-7-12(13)14(19)20/h2-8H,1H3,(H,19,20)(H2,17,18,21). The van der Waals surface area contributed by atoms with Crippen LogP contribution >= 0.6 is 0 Å². The van der Waals surface area contributed by atoms with Crippen molar-refractivity contribution in [1.29, 1.82) is 0 Å². The summed E-state index contributed by atoms with van der Waals surface area (Å²) in [5.41, 5.74) is 1.30. The Morgan fingerprint density at radius 3 is 2.33 bits per heavy atom. The van der Waals surface area contributed by atoms with E-state index in [1.807, 2.05) is 19.1 Å². The van der Waals surface area contributed by atoms with E-state index in [-0.39, 0.29) is 11.3 Å². The average Bonchev–Trinajstić information content (AvgIpc) is 2.41. The molecule has 0 unspecified atom stereocenters. The van der Waals surface area contributed by atoms with Crippen LogP contribution in [0.25, 0.3) is 0 Å². The first kappa shape index (κ1) is 14.5. The van der Waals surface area contributed by atoms with Crippen molar-refractivity contribution in [2.75, 3.05) is 10.6 Å². The molecule has 0 heterocycles. The van der Waals surface area contributed by atoms with E-state index < -0.39 is 17.8 Å². The molecule has 0 saturated carbocycles. The lowest BCUT2D eigenvalue weighted by atomic mass is 10.2. The molecule has 2 aromatic rings. The number of carbonyl (C=O) groups excluding carboxylic acids is 1. The largest absolute Gasteiger partial charge is 0.478 e. The highest BCUT2D eigenvalue weighted by molar-refractivity contribution is 6.04. The Bertz CT molecular complexity index is 684. The molecule has 6 heteroatoms. The van der Waals surface area contributed by atoms with Crippen LogP contribution < -0.4 is 10.6 Å². The van der Waals surface area contributed by atoms with Gasteiger partial charge in [0, 0.05) is 5.69 Å². The third-order valence-corrected chi connectivity index (χ3v) is 2.77. The number of aromatic carboxylic acids is 1. The monoisotopic (exact) mass is 288 g/mol.